The van der Waals surface area contributed by atoms with E-state index in [1.165, 1.54) is 12.1 Å². The van der Waals surface area contributed by atoms with E-state index >= 15 is 0 Å². The van der Waals surface area contributed by atoms with Crippen molar-refractivity contribution in [3.63, 3.8) is 0 Å². The van der Waals surface area contributed by atoms with Crippen molar-refractivity contribution in [3.05, 3.63) is 64.9 Å². The predicted molar refractivity (Wildman–Crippen MR) is 79.8 cm³/mol. The number of nitrogens with one attached hydrogen (secondary N) is 1. The number of amides is 1. The van der Waals surface area contributed by atoms with Crippen molar-refractivity contribution in [2.24, 2.45) is 0 Å². The minimum atomic E-state index is -0.725. The Kier molecular flexibility index (Phi) is 5.17. The van der Waals surface area contributed by atoms with Crippen LogP contribution in [0.5, 0.6) is 5.75 Å². The second-order valence-corrected chi connectivity index (χ2v) is 4.95. The van der Waals surface area contributed by atoms with E-state index in [0.717, 1.165) is 11.6 Å². The van der Waals surface area contributed by atoms with Crippen LogP contribution in [0.1, 0.15) is 12.5 Å². The number of hydrogen-bond acceptors (Lipinski definition) is 2. The van der Waals surface area contributed by atoms with Crippen LogP contribution >= 0.6 is 11.6 Å². The summed E-state index contributed by atoms with van der Waals surface area (Å²) in [7, 11) is 0. The van der Waals surface area contributed by atoms with E-state index in [1.807, 2.05) is 30.3 Å². The summed E-state index contributed by atoms with van der Waals surface area (Å²) in [5.41, 5.74) is 0.998. The molecule has 0 aliphatic heterocycles. The molecule has 0 spiro atoms. The molecule has 0 aliphatic carbocycles. The van der Waals surface area contributed by atoms with Gasteiger partial charge in [-0.1, -0.05) is 41.9 Å². The lowest BCUT2D eigenvalue weighted by atomic mass is 10.2. The van der Waals surface area contributed by atoms with Crippen LogP contribution in [0.4, 0.5) is 4.39 Å². The van der Waals surface area contributed by atoms with Crippen molar-refractivity contribution >= 4 is 17.5 Å². The summed E-state index contributed by atoms with van der Waals surface area (Å²) in [6.07, 6.45) is -0.725. The van der Waals surface area contributed by atoms with Crippen molar-refractivity contribution in [1.82, 2.24) is 5.32 Å². The number of benzene rings is 2. The van der Waals surface area contributed by atoms with Crippen LogP contribution in [0.3, 0.4) is 0 Å². The van der Waals surface area contributed by atoms with Gasteiger partial charge < -0.3 is 10.1 Å². The van der Waals surface area contributed by atoms with Gasteiger partial charge >= 0.3 is 0 Å². The largest absolute Gasteiger partial charge is 0.479 e. The maximum Gasteiger partial charge on any atom is 0.261 e. The molecule has 0 saturated heterocycles. The van der Waals surface area contributed by atoms with E-state index < -0.39 is 11.9 Å². The quantitative estimate of drug-likeness (QED) is 0.917. The number of ether oxygens (including phenoxy) is 1. The molecule has 3 nitrogen and oxygen atoms in total. The SMILES string of the molecule is C[C@@H](Oc1ccc(F)cc1Cl)C(=O)NCc1ccccc1. The molecule has 1 atom stereocenters. The summed E-state index contributed by atoms with van der Waals surface area (Å²) >= 11 is 5.85. The van der Waals surface area contributed by atoms with Gasteiger partial charge in [0.25, 0.3) is 5.91 Å². The zero-order chi connectivity index (χ0) is 15.2. The summed E-state index contributed by atoms with van der Waals surface area (Å²) in [5.74, 6) is -0.437. The lowest BCUT2D eigenvalue weighted by Crippen LogP contribution is -2.35. The van der Waals surface area contributed by atoms with Crippen LogP contribution in [-0.2, 0) is 11.3 Å². The first kappa shape index (κ1) is 15.3. The molecule has 21 heavy (non-hydrogen) atoms. The molecule has 1 N–H and O–H groups in total. The molecule has 0 aliphatic rings. The molecular weight excluding hydrogens is 293 g/mol. The van der Waals surface area contributed by atoms with Crippen LogP contribution in [-0.4, -0.2) is 12.0 Å². The fraction of sp³-hybridized carbons (Fsp3) is 0.188. The van der Waals surface area contributed by atoms with Gasteiger partial charge in [0.2, 0.25) is 0 Å². The van der Waals surface area contributed by atoms with Gasteiger partial charge in [0.1, 0.15) is 11.6 Å². The maximum absolute atomic E-state index is 12.9. The number of halogens is 2. The predicted octanol–water partition coefficient (Wildman–Crippen LogP) is 3.56. The van der Waals surface area contributed by atoms with Gasteiger partial charge in [-0.15, -0.1) is 0 Å². The molecule has 2 aromatic rings. The summed E-state index contributed by atoms with van der Waals surface area (Å²) in [5, 5.41) is 2.91. The first-order chi connectivity index (χ1) is 10.1. The van der Waals surface area contributed by atoms with Crippen LogP contribution in [0, 0.1) is 5.82 Å². The van der Waals surface area contributed by atoms with Crippen molar-refractivity contribution in [3.8, 4) is 5.75 Å². The monoisotopic (exact) mass is 307 g/mol. The Bertz CT molecular complexity index is 619. The van der Waals surface area contributed by atoms with E-state index in [9.17, 15) is 9.18 Å². The molecule has 1 amide bonds. The third-order valence-corrected chi connectivity index (χ3v) is 3.17. The second-order valence-electron chi connectivity index (χ2n) is 4.54. The molecule has 0 bridgehead atoms. The summed E-state index contributed by atoms with van der Waals surface area (Å²) in [4.78, 5) is 11.9. The summed E-state index contributed by atoms with van der Waals surface area (Å²) in [6.45, 7) is 2.03. The third-order valence-electron chi connectivity index (χ3n) is 2.88. The molecule has 0 saturated carbocycles. The molecule has 0 heterocycles. The average Bonchev–Trinajstić information content (AvgIpc) is 2.48. The molecule has 0 unspecified atom stereocenters. The topological polar surface area (TPSA) is 38.3 Å². The number of hydrogen-bond donors (Lipinski definition) is 1. The average molecular weight is 308 g/mol. The first-order valence-electron chi connectivity index (χ1n) is 6.49. The Balaban J connectivity index is 1.90. The van der Waals surface area contributed by atoms with Gasteiger partial charge in [0.15, 0.2) is 6.10 Å². The normalized spacial score (nSPS) is 11.8. The molecule has 2 rings (SSSR count). The smallest absolute Gasteiger partial charge is 0.261 e. The minimum Gasteiger partial charge on any atom is -0.479 e. The molecule has 0 radical (unpaired) electrons. The second kappa shape index (κ2) is 7.09. The Labute approximate surface area is 127 Å². The highest BCUT2D eigenvalue weighted by molar-refractivity contribution is 6.32. The fourth-order valence-corrected chi connectivity index (χ4v) is 1.96. The summed E-state index contributed by atoms with van der Waals surface area (Å²) in [6, 6.07) is 13.3. The molecule has 0 aromatic heterocycles. The van der Waals surface area contributed by atoms with Crippen molar-refractivity contribution in [1.29, 1.82) is 0 Å². The van der Waals surface area contributed by atoms with Crippen molar-refractivity contribution in [2.75, 3.05) is 0 Å². The number of carbonyl (C=O) groups is 1. The molecule has 0 fully saturated rings. The van der Waals surface area contributed by atoms with Gasteiger partial charge in [-0.05, 0) is 30.7 Å². The Morgan fingerprint density at radius 3 is 2.67 bits per heavy atom. The number of carbonyl (C=O) groups excluding carboxylic acids is 1. The Morgan fingerprint density at radius 1 is 1.29 bits per heavy atom. The Hall–Kier alpha value is -2.07. The first-order valence-corrected chi connectivity index (χ1v) is 6.87. The standard InChI is InChI=1S/C16H15ClFNO2/c1-11(21-15-8-7-13(18)9-14(15)17)16(20)19-10-12-5-3-2-4-6-12/h2-9,11H,10H2,1H3,(H,19,20)/t11-/m1/s1. The van der Waals surface area contributed by atoms with Gasteiger partial charge in [-0.2, -0.15) is 0 Å². The lowest BCUT2D eigenvalue weighted by molar-refractivity contribution is -0.127. The minimum absolute atomic E-state index is 0.137. The highest BCUT2D eigenvalue weighted by atomic mass is 35.5. The van der Waals surface area contributed by atoms with E-state index in [4.69, 9.17) is 16.3 Å². The molecule has 110 valence electrons. The zero-order valence-corrected chi connectivity index (χ0v) is 12.2. The highest BCUT2D eigenvalue weighted by Crippen LogP contribution is 2.25. The molecule has 2 aromatic carbocycles. The highest BCUT2D eigenvalue weighted by Gasteiger charge is 2.16. The van der Waals surface area contributed by atoms with E-state index in [2.05, 4.69) is 5.32 Å². The van der Waals surface area contributed by atoms with E-state index in [1.54, 1.807) is 6.92 Å². The van der Waals surface area contributed by atoms with Crippen molar-refractivity contribution < 1.29 is 13.9 Å². The lowest BCUT2D eigenvalue weighted by Gasteiger charge is -2.15. The van der Waals surface area contributed by atoms with E-state index in [0.29, 0.717) is 6.54 Å². The van der Waals surface area contributed by atoms with Crippen LogP contribution < -0.4 is 10.1 Å². The van der Waals surface area contributed by atoms with Crippen molar-refractivity contribution in [2.45, 2.75) is 19.6 Å². The van der Waals surface area contributed by atoms with Crippen LogP contribution in [0.15, 0.2) is 48.5 Å². The zero-order valence-electron chi connectivity index (χ0n) is 11.5. The molecular formula is C16H15ClFNO2. The summed E-state index contributed by atoms with van der Waals surface area (Å²) < 4.78 is 18.4. The number of rotatable bonds is 5. The van der Waals surface area contributed by atoms with Gasteiger partial charge in [-0.3, -0.25) is 4.79 Å². The fourth-order valence-electron chi connectivity index (χ4n) is 1.74. The van der Waals surface area contributed by atoms with Gasteiger partial charge in [0, 0.05) is 6.54 Å². The van der Waals surface area contributed by atoms with Gasteiger partial charge in [0.05, 0.1) is 5.02 Å². The van der Waals surface area contributed by atoms with E-state index in [-0.39, 0.29) is 16.7 Å². The maximum atomic E-state index is 12.9. The van der Waals surface area contributed by atoms with Crippen LogP contribution in [0.25, 0.3) is 0 Å². The van der Waals surface area contributed by atoms with Crippen LogP contribution in [0.2, 0.25) is 5.02 Å². The molecule has 5 heteroatoms. The third kappa shape index (κ3) is 4.46. The van der Waals surface area contributed by atoms with Gasteiger partial charge in [-0.25, -0.2) is 4.39 Å². The Morgan fingerprint density at radius 2 is 2.00 bits per heavy atom.